The first-order chi connectivity index (χ1) is 13.1. The van der Waals surface area contributed by atoms with Crippen LogP contribution < -0.4 is 0 Å². The average Bonchev–Trinajstić information content (AvgIpc) is 3.29. The SMILES string of the molecule is CCn1c([C@@H]2CCCN2C(=O)Cc2cccc(O)c2F)nc2ccccc21. The van der Waals surface area contributed by atoms with Crippen LogP contribution in [-0.2, 0) is 17.8 Å². The maximum absolute atomic E-state index is 14.1. The number of fused-ring (bicyclic) bond motifs is 1. The Morgan fingerprint density at radius 3 is 2.89 bits per heavy atom. The van der Waals surface area contributed by atoms with Gasteiger partial charge in [0.25, 0.3) is 0 Å². The summed E-state index contributed by atoms with van der Waals surface area (Å²) in [5.41, 5.74) is 2.20. The van der Waals surface area contributed by atoms with Gasteiger partial charge in [0.05, 0.1) is 23.5 Å². The van der Waals surface area contributed by atoms with Gasteiger partial charge in [0, 0.05) is 18.7 Å². The Morgan fingerprint density at radius 2 is 2.07 bits per heavy atom. The second kappa shape index (κ2) is 7.02. The van der Waals surface area contributed by atoms with Crippen molar-refractivity contribution in [3.05, 3.63) is 59.7 Å². The topological polar surface area (TPSA) is 58.4 Å². The highest BCUT2D eigenvalue weighted by molar-refractivity contribution is 5.80. The van der Waals surface area contributed by atoms with E-state index in [4.69, 9.17) is 4.98 Å². The van der Waals surface area contributed by atoms with Gasteiger partial charge in [-0.15, -0.1) is 0 Å². The number of carbonyl (C=O) groups is 1. The molecule has 0 saturated carbocycles. The monoisotopic (exact) mass is 367 g/mol. The van der Waals surface area contributed by atoms with Gasteiger partial charge in [-0.05, 0) is 38.0 Å². The van der Waals surface area contributed by atoms with Crippen LogP contribution in [0, 0.1) is 5.82 Å². The minimum absolute atomic E-state index is 0.0664. The number of halogens is 1. The van der Waals surface area contributed by atoms with Crippen LogP contribution in [0.2, 0.25) is 0 Å². The Bertz CT molecular complexity index is 998. The molecule has 0 aliphatic carbocycles. The van der Waals surface area contributed by atoms with Crippen LogP contribution in [0.4, 0.5) is 4.39 Å². The number of phenols is 1. The first kappa shape index (κ1) is 17.5. The van der Waals surface area contributed by atoms with Gasteiger partial charge in [0.1, 0.15) is 5.82 Å². The zero-order valence-corrected chi connectivity index (χ0v) is 15.2. The van der Waals surface area contributed by atoms with Gasteiger partial charge in [-0.3, -0.25) is 4.79 Å². The Hall–Kier alpha value is -2.89. The average molecular weight is 367 g/mol. The maximum Gasteiger partial charge on any atom is 0.227 e. The molecule has 1 aliphatic heterocycles. The van der Waals surface area contributed by atoms with E-state index in [1.807, 2.05) is 24.3 Å². The highest BCUT2D eigenvalue weighted by Gasteiger charge is 2.33. The third-order valence-corrected chi connectivity index (χ3v) is 5.27. The second-order valence-corrected chi connectivity index (χ2v) is 6.88. The van der Waals surface area contributed by atoms with Crippen molar-refractivity contribution < 1.29 is 14.3 Å². The molecule has 27 heavy (non-hydrogen) atoms. The number of aryl methyl sites for hydroxylation is 1. The molecule has 1 aliphatic rings. The predicted molar refractivity (Wildman–Crippen MR) is 101 cm³/mol. The second-order valence-electron chi connectivity index (χ2n) is 6.88. The van der Waals surface area contributed by atoms with E-state index in [2.05, 4.69) is 11.5 Å². The van der Waals surface area contributed by atoms with E-state index >= 15 is 0 Å². The smallest absolute Gasteiger partial charge is 0.227 e. The molecule has 6 heteroatoms. The van der Waals surface area contributed by atoms with Crippen molar-refractivity contribution in [2.24, 2.45) is 0 Å². The summed E-state index contributed by atoms with van der Waals surface area (Å²) in [6.45, 7) is 3.48. The number of hydrogen-bond acceptors (Lipinski definition) is 3. The lowest BCUT2D eigenvalue weighted by Crippen LogP contribution is -2.33. The highest BCUT2D eigenvalue weighted by Crippen LogP contribution is 2.34. The first-order valence-electron chi connectivity index (χ1n) is 9.31. The number of rotatable bonds is 4. The van der Waals surface area contributed by atoms with Gasteiger partial charge in [-0.2, -0.15) is 0 Å². The van der Waals surface area contributed by atoms with E-state index in [0.29, 0.717) is 6.54 Å². The van der Waals surface area contributed by atoms with Crippen LogP contribution in [0.1, 0.15) is 37.2 Å². The molecule has 2 aromatic carbocycles. The summed E-state index contributed by atoms with van der Waals surface area (Å²) in [4.78, 5) is 19.5. The lowest BCUT2D eigenvalue weighted by atomic mass is 10.1. The van der Waals surface area contributed by atoms with E-state index in [-0.39, 0.29) is 23.9 Å². The molecule has 2 heterocycles. The molecule has 1 fully saturated rings. The zero-order chi connectivity index (χ0) is 19.0. The number of nitrogens with zero attached hydrogens (tertiary/aromatic N) is 3. The number of benzene rings is 2. The lowest BCUT2D eigenvalue weighted by Gasteiger charge is -2.25. The Morgan fingerprint density at radius 1 is 1.26 bits per heavy atom. The molecule has 1 atom stereocenters. The molecule has 0 radical (unpaired) electrons. The van der Waals surface area contributed by atoms with Crippen LogP contribution in [0.3, 0.4) is 0 Å². The Kier molecular flexibility index (Phi) is 4.56. The number of hydrogen-bond donors (Lipinski definition) is 1. The number of likely N-dealkylation sites (tertiary alicyclic amines) is 1. The molecule has 5 nitrogen and oxygen atoms in total. The quantitative estimate of drug-likeness (QED) is 0.763. The zero-order valence-electron chi connectivity index (χ0n) is 15.2. The third kappa shape index (κ3) is 3.05. The first-order valence-corrected chi connectivity index (χ1v) is 9.31. The number of carbonyl (C=O) groups excluding carboxylic acids is 1. The summed E-state index contributed by atoms with van der Waals surface area (Å²) < 4.78 is 16.2. The van der Waals surface area contributed by atoms with Crippen LogP contribution in [0.15, 0.2) is 42.5 Å². The van der Waals surface area contributed by atoms with E-state index in [1.54, 1.807) is 17.0 Å². The molecule has 140 valence electrons. The summed E-state index contributed by atoms with van der Waals surface area (Å²) >= 11 is 0. The van der Waals surface area contributed by atoms with Crippen molar-refractivity contribution in [2.75, 3.05) is 6.54 Å². The Balaban J connectivity index is 1.64. The van der Waals surface area contributed by atoms with Crippen molar-refractivity contribution in [2.45, 2.75) is 38.8 Å². The molecule has 1 N–H and O–H groups in total. The predicted octanol–water partition coefficient (Wildman–Crippen LogP) is 3.81. The fourth-order valence-corrected chi connectivity index (χ4v) is 3.98. The normalized spacial score (nSPS) is 17.0. The molecular weight excluding hydrogens is 345 g/mol. The van der Waals surface area contributed by atoms with E-state index < -0.39 is 11.6 Å². The molecule has 4 rings (SSSR count). The number of aromatic nitrogens is 2. The van der Waals surface area contributed by atoms with E-state index in [9.17, 15) is 14.3 Å². The Labute approximate surface area is 157 Å². The molecule has 0 unspecified atom stereocenters. The van der Waals surface area contributed by atoms with Crippen molar-refractivity contribution in [3.8, 4) is 5.75 Å². The van der Waals surface area contributed by atoms with E-state index in [0.717, 1.165) is 36.2 Å². The van der Waals surface area contributed by atoms with Gasteiger partial charge >= 0.3 is 0 Å². The number of para-hydroxylation sites is 2. The van der Waals surface area contributed by atoms with Crippen molar-refractivity contribution >= 4 is 16.9 Å². The number of imidazole rings is 1. The third-order valence-electron chi connectivity index (χ3n) is 5.27. The number of aromatic hydroxyl groups is 1. The van der Waals surface area contributed by atoms with Crippen molar-refractivity contribution in [3.63, 3.8) is 0 Å². The van der Waals surface area contributed by atoms with Crippen LogP contribution in [0.25, 0.3) is 11.0 Å². The molecule has 1 aromatic heterocycles. The van der Waals surface area contributed by atoms with Gasteiger partial charge in [0.2, 0.25) is 5.91 Å². The van der Waals surface area contributed by atoms with Gasteiger partial charge in [-0.25, -0.2) is 9.37 Å². The standard InChI is InChI=1S/C21H22FN3O2/c1-2-24-16-9-4-3-8-15(16)23-21(24)17-10-6-12-25(17)19(27)13-14-7-5-11-18(26)20(14)22/h3-5,7-9,11,17,26H,2,6,10,12-13H2,1H3/t17-/m0/s1. The maximum atomic E-state index is 14.1. The molecule has 3 aromatic rings. The molecule has 1 amide bonds. The summed E-state index contributed by atoms with van der Waals surface area (Å²) in [5.74, 6) is -0.397. The van der Waals surface area contributed by atoms with E-state index in [1.165, 1.54) is 6.07 Å². The summed E-state index contributed by atoms with van der Waals surface area (Å²) in [7, 11) is 0. The molecule has 0 bridgehead atoms. The number of phenolic OH excluding ortho intramolecular Hbond substituents is 1. The summed E-state index contributed by atoms with van der Waals surface area (Å²) in [6.07, 6.45) is 1.67. The summed E-state index contributed by atoms with van der Waals surface area (Å²) in [6, 6.07) is 12.2. The lowest BCUT2D eigenvalue weighted by molar-refractivity contribution is -0.131. The fraction of sp³-hybridized carbons (Fsp3) is 0.333. The molecule has 1 saturated heterocycles. The highest BCUT2D eigenvalue weighted by atomic mass is 19.1. The van der Waals surface area contributed by atoms with Crippen molar-refractivity contribution in [1.29, 1.82) is 0 Å². The molecule has 0 spiro atoms. The fourth-order valence-electron chi connectivity index (χ4n) is 3.98. The van der Waals surface area contributed by atoms with Gasteiger partial charge in [-0.1, -0.05) is 24.3 Å². The summed E-state index contributed by atoms with van der Waals surface area (Å²) in [5, 5.41) is 9.54. The van der Waals surface area contributed by atoms with Gasteiger partial charge < -0.3 is 14.6 Å². The van der Waals surface area contributed by atoms with Crippen LogP contribution in [0.5, 0.6) is 5.75 Å². The number of amides is 1. The van der Waals surface area contributed by atoms with Crippen LogP contribution in [-0.4, -0.2) is 32.0 Å². The largest absolute Gasteiger partial charge is 0.505 e. The minimum Gasteiger partial charge on any atom is -0.505 e. The molecular formula is C21H22FN3O2. The van der Waals surface area contributed by atoms with Gasteiger partial charge in [0.15, 0.2) is 11.6 Å². The van der Waals surface area contributed by atoms with Crippen LogP contribution >= 0.6 is 0 Å². The van der Waals surface area contributed by atoms with Crippen molar-refractivity contribution in [1.82, 2.24) is 14.5 Å². The minimum atomic E-state index is -0.720.